The maximum absolute atomic E-state index is 14.1. The van der Waals surface area contributed by atoms with Crippen LogP contribution in [0.5, 0.6) is 5.75 Å². The molecule has 33 nitrogen and oxygen atoms in total. The number of aliphatic carboxylic acids is 3. The van der Waals surface area contributed by atoms with Crippen LogP contribution in [0.15, 0.2) is 114 Å². The molecule has 20 N–H and O–H groups in total. The zero-order valence-electron chi connectivity index (χ0n) is 53.7. The Labute approximate surface area is 589 Å². The molecule has 36 heteroatoms. The predicted octanol–water partition coefficient (Wildman–Crippen LogP) is 4.61. The lowest BCUT2D eigenvalue weighted by Gasteiger charge is -2.24. The van der Waals surface area contributed by atoms with E-state index in [1.54, 1.807) is 59.5 Å². The number of alkyl halides is 1. The maximum atomic E-state index is 14.1. The number of nitrogens with two attached hydrogens (primary N) is 2. The fourth-order valence-corrected chi connectivity index (χ4v) is 13.6. The Morgan fingerprint density at radius 3 is 2.04 bits per heavy atom. The number of nitrogens with one attached hydrogen (secondary N) is 12. The van der Waals surface area contributed by atoms with E-state index in [9.17, 15) is 73.2 Å². The van der Waals surface area contributed by atoms with Gasteiger partial charge in [-0.2, -0.15) is 4.98 Å². The van der Waals surface area contributed by atoms with E-state index in [4.69, 9.17) is 28.5 Å². The highest BCUT2D eigenvalue weighted by Gasteiger charge is 2.36. The van der Waals surface area contributed by atoms with Crippen LogP contribution in [0.2, 0.25) is 0 Å². The highest BCUT2D eigenvalue weighted by molar-refractivity contribution is 8.76. The van der Waals surface area contributed by atoms with E-state index in [-0.39, 0.29) is 95.7 Å². The molecule has 530 valence electrons. The SMILES string of the molecule is N=C(N)NCCC[C@@H](NC(=O)CC[C@@H](NC(=O)c1ccc(NCc2cnc3nc(N)[nH]c(=O)c3n2)cc1)C(=O)O)C(=O)N[C@H](CC(=O)O)C(=O)NC(CSSCCC(=O)Nc1ccc2[nH]c(C(=O)Nc3ccc4[nH]c(C(=O)N5CC(CCl)c6c5cc(O)c5ccccc65)cc4c3)cc2c1)C(=O)O. The van der Waals surface area contributed by atoms with Crippen LogP contribution in [0.3, 0.4) is 0 Å². The number of hydrogen-bond acceptors (Lipinski definition) is 20. The standard InChI is InChI=1S/C66H67ClN18O15S2/c67-26-34-29-85(49-25-50(86)39-4-1-2-5-40(39)54(34)49)62(96)47-23-33-21-37(12-14-42(33)78-47)76-59(93)45-22-32-20-36(11-13-41(32)77-45)74-52(88)17-19-101-102-30-48(64(99)100)82-60(94)46(24-53(89)90)81-58(92)43(6-3-18-71-65(68)69)79-51(87)16-15-44(63(97)98)80-57(91)31-7-9-35(10-8-31)72-27-38-28-73-56-55(75-38)61(95)84-66(70)83-56/h1-2,4-5,7-14,20-23,25,28,34,43-44,46,48,72,77-78,86H,3,6,15-19,24,26-27,29-30H2,(H,74,88)(H,76,93)(H,79,87)(H,80,91)(H,81,92)(H,82,94)(H,89,90)(H,97,98)(H,99,100)(H4,68,69,71)(H3,70,73,83,84,95)/t34?,43-,44-,46-,48?/m1/s1. The summed E-state index contributed by atoms with van der Waals surface area (Å²) in [6.07, 6.45) is -0.835. The van der Waals surface area contributed by atoms with Crippen LogP contribution in [-0.2, 0) is 40.1 Å². The number of halogens is 1. The third kappa shape index (κ3) is 18.3. The van der Waals surface area contributed by atoms with Crippen LogP contribution >= 0.6 is 33.2 Å². The van der Waals surface area contributed by atoms with Crippen LogP contribution in [0.1, 0.15) is 87.0 Å². The number of carboxylic acids is 3. The smallest absolute Gasteiger partial charge is 0.327 e. The number of phenolic OH excluding ortho intramolecular Hbond substituents is 1. The molecule has 2 unspecified atom stereocenters. The van der Waals surface area contributed by atoms with Crippen LogP contribution in [0.25, 0.3) is 43.7 Å². The molecule has 0 fully saturated rings. The van der Waals surface area contributed by atoms with Crippen molar-refractivity contribution in [3.8, 4) is 5.75 Å². The number of rotatable bonds is 32. The van der Waals surface area contributed by atoms with Crippen LogP contribution in [0.4, 0.5) is 28.7 Å². The lowest BCUT2D eigenvalue weighted by Crippen LogP contribution is -2.56. The first-order valence-corrected chi connectivity index (χ1v) is 34.5. The molecule has 10 rings (SSSR count). The number of phenols is 1. The molecule has 5 aromatic carbocycles. The van der Waals surface area contributed by atoms with Gasteiger partial charge in [-0.25, -0.2) is 19.6 Å². The van der Waals surface area contributed by atoms with E-state index in [2.05, 4.69) is 72.4 Å². The summed E-state index contributed by atoms with van der Waals surface area (Å²) in [7, 11) is 2.09. The van der Waals surface area contributed by atoms with Crippen molar-refractivity contribution >= 4 is 171 Å². The second kappa shape index (κ2) is 32.8. The normalized spacial score (nSPS) is 13.7. The highest BCUT2D eigenvalue weighted by atomic mass is 35.5. The molecule has 4 aromatic heterocycles. The van der Waals surface area contributed by atoms with Crippen molar-refractivity contribution in [2.75, 3.05) is 57.1 Å². The number of carboxylic acid groups (broad SMARTS) is 3. The van der Waals surface area contributed by atoms with Crippen molar-refractivity contribution in [2.45, 2.75) is 75.2 Å². The Balaban J connectivity index is 0.667. The zero-order valence-corrected chi connectivity index (χ0v) is 56.1. The number of nitrogens with zero attached hydrogens (tertiary/aromatic N) is 4. The number of benzene rings is 5. The summed E-state index contributed by atoms with van der Waals surface area (Å²) in [5.74, 6) is -10.2. The number of aromatic nitrogens is 6. The van der Waals surface area contributed by atoms with Gasteiger partial charge in [0, 0.05) is 105 Å². The number of fused-ring (bicyclic) bond motifs is 6. The van der Waals surface area contributed by atoms with E-state index in [0.29, 0.717) is 67.9 Å². The van der Waals surface area contributed by atoms with Crippen molar-refractivity contribution in [2.24, 2.45) is 5.73 Å². The Kier molecular flexibility index (Phi) is 23.4. The van der Waals surface area contributed by atoms with Crippen LogP contribution < -0.4 is 64.5 Å². The molecule has 9 aromatic rings. The fourth-order valence-electron chi connectivity index (χ4n) is 11.2. The van der Waals surface area contributed by atoms with Gasteiger partial charge >= 0.3 is 17.9 Å². The molecule has 0 saturated heterocycles. The third-order valence-corrected chi connectivity index (χ3v) is 19.0. The van der Waals surface area contributed by atoms with Gasteiger partial charge in [-0.1, -0.05) is 45.9 Å². The summed E-state index contributed by atoms with van der Waals surface area (Å²) in [6, 6.07) is 21.7. The lowest BCUT2D eigenvalue weighted by atomic mass is 9.95. The van der Waals surface area contributed by atoms with Crippen molar-refractivity contribution in [1.82, 2.24) is 56.5 Å². The Bertz CT molecular complexity index is 4840. The van der Waals surface area contributed by atoms with E-state index in [1.807, 2.05) is 24.3 Å². The summed E-state index contributed by atoms with van der Waals surface area (Å²) in [4.78, 5) is 166. The molecule has 0 bridgehead atoms. The molecule has 7 amide bonds. The molecular formula is C66H67ClN18O15S2. The third-order valence-electron chi connectivity index (χ3n) is 16.2. The minimum atomic E-state index is -1.88. The van der Waals surface area contributed by atoms with Gasteiger partial charge in [0.25, 0.3) is 23.3 Å². The summed E-state index contributed by atoms with van der Waals surface area (Å²) >= 11 is 6.41. The molecule has 0 spiro atoms. The minimum absolute atomic E-state index is 0.0219. The van der Waals surface area contributed by atoms with Crippen molar-refractivity contribution < 1.29 is 68.4 Å². The van der Waals surface area contributed by atoms with Gasteiger partial charge < -0.3 is 89.3 Å². The van der Waals surface area contributed by atoms with E-state index in [1.165, 1.54) is 30.5 Å². The number of guanidine groups is 1. The number of hydrogen-bond donors (Lipinski definition) is 18. The summed E-state index contributed by atoms with van der Waals surface area (Å²) in [5, 5.41) is 71.4. The number of anilines is 5. The van der Waals surface area contributed by atoms with Gasteiger partial charge in [0.15, 0.2) is 17.1 Å². The summed E-state index contributed by atoms with van der Waals surface area (Å²) < 4.78 is 0. The average Bonchev–Trinajstić information content (AvgIpc) is 1.58. The quantitative estimate of drug-likeness (QED) is 0.00899. The number of aromatic amines is 3. The second-order valence-electron chi connectivity index (χ2n) is 23.4. The molecule has 0 saturated carbocycles. The fraction of sp³-hybridized carbons (Fsp3) is 0.258. The van der Waals surface area contributed by atoms with Gasteiger partial charge in [0.05, 0.1) is 30.5 Å². The number of amides is 7. The first kappa shape index (κ1) is 72.8. The topological polar surface area (TPSA) is 530 Å². The molecular weight excluding hydrogens is 1380 g/mol. The van der Waals surface area contributed by atoms with Gasteiger partial charge in [0.1, 0.15) is 41.3 Å². The number of nitrogen functional groups attached to an aromatic ring is 1. The van der Waals surface area contributed by atoms with Crippen molar-refractivity contribution in [3.05, 3.63) is 148 Å². The average molecular weight is 1450 g/mol. The molecule has 5 atom stereocenters. The second-order valence-corrected chi connectivity index (χ2v) is 26.4. The first-order chi connectivity index (χ1) is 48.9. The molecule has 0 aliphatic carbocycles. The van der Waals surface area contributed by atoms with Gasteiger partial charge in [-0.05, 0) is 103 Å². The molecule has 102 heavy (non-hydrogen) atoms. The monoisotopic (exact) mass is 1450 g/mol. The Morgan fingerprint density at radius 1 is 0.696 bits per heavy atom. The number of carbonyl (C=O) groups is 10. The van der Waals surface area contributed by atoms with Crippen molar-refractivity contribution in [3.63, 3.8) is 0 Å². The van der Waals surface area contributed by atoms with Gasteiger partial charge in [-0.15, -0.1) is 11.6 Å². The predicted molar refractivity (Wildman–Crippen MR) is 383 cm³/mol. The minimum Gasteiger partial charge on any atom is -0.507 e. The molecule has 0 radical (unpaired) electrons. The largest absolute Gasteiger partial charge is 0.507 e. The number of aromatic hydroxyl groups is 1. The highest BCUT2D eigenvalue weighted by Crippen LogP contribution is 2.46. The van der Waals surface area contributed by atoms with Gasteiger partial charge in [0.2, 0.25) is 29.6 Å². The number of H-pyrrole nitrogens is 3. The van der Waals surface area contributed by atoms with E-state index < -0.39 is 108 Å². The van der Waals surface area contributed by atoms with Crippen LogP contribution in [-0.4, -0.2) is 170 Å². The first-order valence-electron chi connectivity index (χ1n) is 31.4. The number of carbonyl (C=O) groups excluding carboxylic acids is 7. The van der Waals surface area contributed by atoms with E-state index >= 15 is 0 Å². The van der Waals surface area contributed by atoms with E-state index in [0.717, 1.165) is 32.5 Å². The lowest BCUT2D eigenvalue weighted by molar-refractivity contribution is -0.143. The maximum Gasteiger partial charge on any atom is 0.327 e. The van der Waals surface area contributed by atoms with Crippen LogP contribution in [0, 0.1) is 5.41 Å². The molecule has 1 aliphatic rings. The molecule has 1 aliphatic heterocycles. The van der Waals surface area contributed by atoms with Crippen molar-refractivity contribution in [1.29, 1.82) is 5.41 Å². The Morgan fingerprint density at radius 2 is 1.35 bits per heavy atom. The summed E-state index contributed by atoms with van der Waals surface area (Å²) in [5.41, 5.74) is 15.5. The Hall–Kier alpha value is -12.0. The summed E-state index contributed by atoms with van der Waals surface area (Å²) in [6.45, 7) is 0.457. The van der Waals surface area contributed by atoms with Gasteiger partial charge in [-0.3, -0.25) is 53.5 Å². The molecule has 5 heterocycles. The zero-order chi connectivity index (χ0) is 72.9.